The topological polar surface area (TPSA) is 40.5 Å². The fraction of sp³-hybridized carbons (Fsp3) is 0.500. The van der Waals surface area contributed by atoms with Crippen molar-refractivity contribution in [2.75, 3.05) is 18.0 Å². The molecule has 1 saturated heterocycles. The highest BCUT2D eigenvalue weighted by molar-refractivity contribution is 5.87. The van der Waals surface area contributed by atoms with E-state index in [1.54, 1.807) is 6.08 Å². The van der Waals surface area contributed by atoms with Crippen LogP contribution in [0, 0.1) is 18.8 Å². The van der Waals surface area contributed by atoms with Gasteiger partial charge < -0.3 is 10.0 Å². The van der Waals surface area contributed by atoms with E-state index in [-0.39, 0.29) is 0 Å². The Bertz CT molecular complexity index is 526. The monoisotopic (exact) mass is 287 g/mol. The molecule has 0 atom stereocenters. The molecule has 2 rings (SSSR count). The first kappa shape index (κ1) is 15.6. The Balaban J connectivity index is 2.18. The zero-order valence-corrected chi connectivity index (χ0v) is 13.2. The van der Waals surface area contributed by atoms with E-state index in [0.29, 0.717) is 0 Å². The standard InChI is InChI=1S/C18H25NO2/c1-13(2)15-8-10-19(11-9-15)17-6-4-14(3)12-16(17)5-7-18(20)21/h4-7,12-13,15H,8-11H2,1-3H3,(H,20,21)/b7-5+. The van der Waals surface area contributed by atoms with Crippen LogP contribution in [0.25, 0.3) is 6.08 Å². The lowest BCUT2D eigenvalue weighted by atomic mass is 9.86. The molecule has 0 aliphatic carbocycles. The van der Waals surface area contributed by atoms with Crippen molar-refractivity contribution in [3.05, 3.63) is 35.4 Å². The number of carboxylic acid groups (broad SMARTS) is 1. The Morgan fingerprint density at radius 3 is 2.57 bits per heavy atom. The number of aryl methyl sites for hydroxylation is 1. The highest BCUT2D eigenvalue weighted by Gasteiger charge is 2.22. The minimum absolute atomic E-state index is 0.747. The zero-order valence-electron chi connectivity index (χ0n) is 13.2. The lowest BCUT2D eigenvalue weighted by Crippen LogP contribution is -2.35. The van der Waals surface area contributed by atoms with Crippen molar-refractivity contribution in [1.82, 2.24) is 0 Å². The van der Waals surface area contributed by atoms with Gasteiger partial charge in [-0.3, -0.25) is 0 Å². The summed E-state index contributed by atoms with van der Waals surface area (Å²) in [4.78, 5) is 13.2. The summed E-state index contributed by atoms with van der Waals surface area (Å²) in [5, 5.41) is 8.84. The number of nitrogens with zero attached hydrogens (tertiary/aromatic N) is 1. The number of anilines is 1. The van der Waals surface area contributed by atoms with Crippen LogP contribution in [-0.2, 0) is 4.79 Å². The quantitative estimate of drug-likeness (QED) is 0.852. The molecule has 0 spiro atoms. The van der Waals surface area contributed by atoms with Crippen molar-refractivity contribution in [2.45, 2.75) is 33.6 Å². The predicted octanol–water partition coefficient (Wildman–Crippen LogP) is 3.97. The number of rotatable bonds is 4. The van der Waals surface area contributed by atoms with E-state index in [2.05, 4.69) is 36.9 Å². The number of carboxylic acids is 1. The Labute approximate surface area is 127 Å². The number of carbonyl (C=O) groups is 1. The summed E-state index contributed by atoms with van der Waals surface area (Å²) in [7, 11) is 0. The molecule has 1 N–H and O–H groups in total. The molecule has 0 radical (unpaired) electrons. The minimum Gasteiger partial charge on any atom is -0.478 e. The largest absolute Gasteiger partial charge is 0.478 e. The van der Waals surface area contributed by atoms with Gasteiger partial charge in [0.15, 0.2) is 0 Å². The summed E-state index contributed by atoms with van der Waals surface area (Å²) in [5.41, 5.74) is 3.31. The van der Waals surface area contributed by atoms with Crippen molar-refractivity contribution in [3.63, 3.8) is 0 Å². The van der Waals surface area contributed by atoms with Crippen LogP contribution in [-0.4, -0.2) is 24.2 Å². The van der Waals surface area contributed by atoms with E-state index >= 15 is 0 Å². The second-order valence-corrected chi connectivity index (χ2v) is 6.30. The number of benzene rings is 1. The van der Waals surface area contributed by atoms with Crippen LogP contribution in [0.2, 0.25) is 0 Å². The van der Waals surface area contributed by atoms with Gasteiger partial charge in [0.25, 0.3) is 0 Å². The molecule has 0 amide bonds. The molecular formula is C18H25NO2. The van der Waals surface area contributed by atoms with Gasteiger partial charge in [0, 0.05) is 24.9 Å². The van der Waals surface area contributed by atoms with Gasteiger partial charge in [-0.05, 0) is 55.4 Å². The van der Waals surface area contributed by atoms with Crippen molar-refractivity contribution in [3.8, 4) is 0 Å². The summed E-state index contributed by atoms with van der Waals surface area (Å²) >= 11 is 0. The number of aliphatic carboxylic acids is 1. The van der Waals surface area contributed by atoms with Gasteiger partial charge >= 0.3 is 5.97 Å². The average molecular weight is 287 g/mol. The smallest absolute Gasteiger partial charge is 0.328 e. The van der Waals surface area contributed by atoms with E-state index in [4.69, 9.17) is 5.11 Å². The third kappa shape index (κ3) is 4.10. The summed E-state index contributed by atoms with van der Waals surface area (Å²) < 4.78 is 0. The lowest BCUT2D eigenvalue weighted by molar-refractivity contribution is -0.131. The van der Waals surface area contributed by atoms with Crippen molar-refractivity contribution in [1.29, 1.82) is 0 Å². The summed E-state index contributed by atoms with van der Waals surface area (Å²) in [5.74, 6) is 0.655. The molecule has 1 heterocycles. The van der Waals surface area contributed by atoms with Crippen LogP contribution >= 0.6 is 0 Å². The fourth-order valence-electron chi connectivity index (χ4n) is 3.06. The summed E-state index contributed by atoms with van der Waals surface area (Å²) in [6.07, 6.45) is 5.36. The molecule has 0 bridgehead atoms. The first-order valence-electron chi connectivity index (χ1n) is 7.74. The molecule has 0 aromatic heterocycles. The van der Waals surface area contributed by atoms with E-state index in [1.165, 1.54) is 18.9 Å². The maximum atomic E-state index is 10.8. The van der Waals surface area contributed by atoms with E-state index in [9.17, 15) is 4.79 Å². The number of piperidine rings is 1. The Morgan fingerprint density at radius 1 is 1.33 bits per heavy atom. The van der Waals surface area contributed by atoms with E-state index in [0.717, 1.165) is 41.7 Å². The summed E-state index contributed by atoms with van der Waals surface area (Å²) in [6, 6.07) is 6.28. The molecule has 1 aliphatic heterocycles. The Morgan fingerprint density at radius 2 is 2.00 bits per heavy atom. The van der Waals surface area contributed by atoms with E-state index < -0.39 is 5.97 Å². The highest BCUT2D eigenvalue weighted by atomic mass is 16.4. The third-order valence-corrected chi connectivity index (χ3v) is 4.41. The van der Waals surface area contributed by atoms with Crippen molar-refractivity contribution < 1.29 is 9.90 Å². The van der Waals surface area contributed by atoms with Crippen LogP contribution in [0.15, 0.2) is 24.3 Å². The number of hydrogen-bond donors (Lipinski definition) is 1. The van der Waals surface area contributed by atoms with Crippen LogP contribution < -0.4 is 4.90 Å². The molecule has 1 fully saturated rings. The zero-order chi connectivity index (χ0) is 15.4. The normalized spacial score (nSPS) is 16.9. The average Bonchev–Trinajstić information content (AvgIpc) is 2.45. The maximum Gasteiger partial charge on any atom is 0.328 e. The Hall–Kier alpha value is -1.77. The van der Waals surface area contributed by atoms with Crippen LogP contribution in [0.4, 0.5) is 5.69 Å². The molecule has 1 aromatic carbocycles. The first-order valence-corrected chi connectivity index (χ1v) is 7.74. The molecule has 114 valence electrons. The lowest BCUT2D eigenvalue weighted by Gasteiger charge is -2.36. The van der Waals surface area contributed by atoms with Gasteiger partial charge in [-0.25, -0.2) is 4.79 Å². The fourth-order valence-corrected chi connectivity index (χ4v) is 3.06. The molecule has 21 heavy (non-hydrogen) atoms. The minimum atomic E-state index is -0.902. The van der Waals surface area contributed by atoms with Crippen LogP contribution in [0.3, 0.4) is 0 Å². The van der Waals surface area contributed by atoms with Gasteiger partial charge in [-0.1, -0.05) is 25.5 Å². The van der Waals surface area contributed by atoms with Crippen LogP contribution in [0.5, 0.6) is 0 Å². The van der Waals surface area contributed by atoms with Gasteiger partial charge in [0.05, 0.1) is 0 Å². The van der Waals surface area contributed by atoms with Gasteiger partial charge in [0.1, 0.15) is 0 Å². The second-order valence-electron chi connectivity index (χ2n) is 6.30. The maximum absolute atomic E-state index is 10.8. The van der Waals surface area contributed by atoms with Gasteiger partial charge in [-0.2, -0.15) is 0 Å². The van der Waals surface area contributed by atoms with E-state index in [1.807, 2.05) is 6.92 Å². The molecule has 1 aliphatic rings. The van der Waals surface area contributed by atoms with Gasteiger partial charge in [0.2, 0.25) is 0 Å². The third-order valence-electron chi connectivity index (χ3n) is 4.41. The number of hydrogen-bond acceptors (Lipinski definition) is 2. The molecule has 1 aromatic rings. The molecule has 3 heteroatoms. The molecule has 3 nitrogen and oxygen atoms in total. The van der Waals surface area contributed by atoms with Gasteiger partial charge in [-0.15, -0.1) is 0 Å². The first-order chi connectivity index (χ1) is 9.97. The summed E-state index contributed by atoms with van der Waals surface area (Å²) in [6.45, 7) is 8.74. The second kappa shape index (κ2) is 6.79. The molecule has 0 unspecified atom stereocenters. The van der Waals surface area contributed by atoms with Crippen molar-refractivity contribution >= 4 is 17.7 Å². The predicted molar refractivity (Wildman–Crippen MR) is 87.6 cm³/mol. The highest BCUT2D eigenvalue weighted by Crippen LogP contribution is 2.30. The SMILES string of the molecule is Cc1ccc(N2CCC(C(C)C)CC2)c(/C=C/C(=O)O)c1. The van der Waals surface area contributed by atoms with Crippen LogP contribution in [0.1, 0.15) is 37.8 Å². The Kier molecular flexibility index (Phi) is 5.05. The molecular weight excluding hydrogens is 262 g/mol. The van der Waals surface area contributed by atoms with Crippen molar-refractivity contribution in [2.24, 2.45) is 11.8 Å². The molecule has 0 saturated carbocycles.